The summed E-state index contributed by atoms with van der Waals surface area (Å²) < 4.78 is 33.1. The van der Waals surface area contributed by atoms with Crippen LogP contribution in [-0.2, 0) is 27.9 Å². The standard InChI is InChI=1S/C29H30ClF2N5O5/c1-34-16-20(19-5-2-3-6-24(19)34)27(41)33-23-15-22(31)18(13-21(23)30)14-25(38)37-8-4-7-29(37,32)28(42)36-11-9-35(10-12-36)17-26(39)40/h2-3,5-6,13,15-16H,4,7-12,14,17H2,1H3,(H,33,41)(H,39,40)/t29-/m1/s1. The third kappa shape index (κ3) is 5.68. The molecule has 0 spiro atoms. The van der Waals surface area contributed by atoms with E-state index in [4.69, 9.17) is 16.7 Å². The van der Waals surface area contributed by atoms with Crippen molar-refractivity contribution in [3.05, 3.63) is 64.6 Å². The number of anilines is 1. The van der Waals surface area contributed by atoms with Crippen molar-refractivity contribution in [2.45, 2.75) is 25.1 Å². The Balaban J connectivity index is 1.27. The van der Waals surface area contributed by atoms with Crippen molar-refractivity contribution >= 4 is 51.9 Å². The number of halogens is 3. The lowest BCUT2D eigenvalue weighted by Gasteiger charge is -2.39. The highest BCUT2D eigenvalue weighted by Gasteiger charge is 2.52. The molecule has 3 heterocycles. The summed E-state index contributed by atoms with van der Waals surface area (Å²) in [4.78, 5) is 54.1. The molecule has 0 unspecified atom stereocenters. The van der Waals surface area contributed by atoms with Crippen LogP contribution in [0.3, 0.4) is 0 Å². The monoisotopic (exact) mass is 601 g/mol. The molecular weight excluding hydrogens is 572 g/mol. The second-order valence-corrected chi connectivity index (χ2v) is 11.0. The van der Waals surface area contributed by atoms with Crippen LogP contribution in [0.5, 0.6) is 0 Å². The Labute approximate surface area is 245 Å². The average molecular weight is 602 g/mol. The first-order valence-electron chi connectivity index (χ1n) is 13.5. The minimum atomic E-state index is -2.57. The second-order valence-electron chi connectivity index (χ2n) is 10.6. The van der Waals surface area contributed by atoms with E-state index < -0.39 is 41.7 Å². The fourth-order valence-corrected chi connectivity index (χ4v) is 5.89. The van der Waals surface area contributed by atoms with Crippen molar-refractivity contribution in [1.82, 2.24) is 19.3 Å². The number of para-hydroxylation sites is 1. The van der Waals surface area contributed by atoms with Gasteiger partial charge in [-0.1, -0.05) is 29.8 Å². The van der Waals surface area contributed by atoms with E-state index in [2.05, 4.69) is 5.32 Å². The van der Waals surface area contributed by atoms with Gasteiger partial charge in [-0.15, -0.1) is 0 Å². The molecule has 3 amide bonds. The van der Waals surface area contributed by atoms with Gasteiger partial charge in [0.15, 0.2) is 0 Å². The summed E-state index contributed by atoms with van der Waals surface area (Å²) in [5.41, 5.74) is 1.14. The Bertz CT molecular complexity index is 1570. The summed E-state index contributed by atoms with van der Waals surface area (Å²) in [6.45, 7) is 0.637. The number of likely N-dealkylation sites (tertiary alicyclic amines) is 1. The SMILES string of the molecule is Cn1cc(C(=O)Nc2cc(F)c(CC(=O)N3CCC[C@]3(F)C(=O)N3CCN(CC(=O)O)CC3)cc2Cl)c2ccccc21. The van der Waals surface area contributed by atoms with E-state index in [1.807, 2.05) is 12.1 Å². The van der Waals surface area contributed by atoms with Gasteiger partial charge < -0.3 is 24.8 Å². The zero-order valence-corrected chi connectivity index (χ0v) is 23.7. The number of aryl methyl sites for hydroxylation is 1. The van der Waals surface area contributed by atoms with Crippen molar-refractivity contribution in [2.24, 2.45) is 7.05 Å². The van der Waals surface area contributed by atoms with Gasteiger partial charge in [0.25, 0.3) is 17.6 Å². The summed E-state index contributed by atoms with van der Waals surface area (Å²) in [6, 6.07) is 9.56. The lowest BCUT2D eigenvalue weighted by molar-refractivity contribution is -0.165. The van der Waals surface area contributed by atoms with E-state index in [0.717, 1.165) is 16.5 Å². The minimum Gasteiger partial charge on any atom is -0.480 e. The van der Waals surface area contributed by atoms with Gasteiger partial charge in [0.1, 0.15) is 5.82 Å². The molecule has 222 valence electrons. The number of carboxylic acid groups (broad SMARTS) is 1. The Kier molecular flexibility index (Phi) is 8.20. The molecule has 2 aromatic carbocycles. The molecular formula is C29H30ClF2N5O5. The number of aliphatic carboxylic acids is 1. The van der Waals surface area contributed by atoms with Gasteiger partial charge >= 0.3 is 5.97 Å². The van der Waals surface area contributed by atoms with Gasteiger partial charge in [-0.3, -0.25) is 24.1 Å². The predicted molar refractivity (Wildman–Crippen MR) is 151 cm³/mol. The fraction of sp³-hybridized carbons (Fsp3) is 0.379. The zero-order valence-electron chi connectivity index (χ0n) is 22.9. The molecule has 1 atom stereocenters. The molecule has 2 aliphatic heterocycles. The number of aromatic nitrogens is 1. The van der Waals surface area contributed by atoms with E-state index in [9.17, 15) is 19.2 Å². The lowest BCUT2D eigenvalue weighted by Crippen LogP contribution is -2.59. The normalized spacial score (nSPS) is 19.3. The van der Waals surface area contributed by atoms with Crippen LogP contribution in [0.1, 0.15) is 28.8 Å². The number of hydrogen-bond donors (Lipinski definition) is 2. The Hall–Kier alpha value is -4.03. The molecule has 2 fully saturated rings. The quantitative estimate of drug-likeness (QED) is 0.402. The number of carbonyl (C=O) groups is 4. The molecule has 2 aliphatic rings. The molecule has 3 aromatic rings. The summed E-state index contributed by atoms with van der Waals surface area (Å²) in [7, 11) is 1.81. The van der Waals surface area contributed by atoms with Crippen LogP contribution in [0.4, 0.5) is 14.5 Å². The third-order valence-corrected chi connectivity index (χ3v) is 8.15. The van der Waals surface area contributed by atoms with Crippen LogP contribution in [0.25, 0.3) is 10.9 Å². The van der Waals surface area contributed by atoms with E-state index in [1.165, 1.54) is 11.0 Å². The third-order valence-electron chi connectivity index (χ3n) is 7.83. The molecule has 0 radical (unpaired) electrons. The van der Waals surface area contributed by atoms with Crippen LogP contribution in [-0.4, -0.2) is 93.1 Å². The number of hydrogen-bond acceptors (Lipinski definition) is 5. The Morgan fingerprint density at radius 2 is 1.79 bits per heavy atom. The molecule has 0 saturated carbocycles. The van der Waals surface area contributed by atoms with Crippen LogP contribution in [0.15, 0.2) is 42.6 Å². The number of nitrogens with zero attached hydrogens (tertiary/aromatic N) is 4. The van der Waals surface area contributed by atoms with Gasteiger partial charge in [-0.05, 0) is 30.2 Å². The number of fused-ring (bicyclic) bond motifs is 1. The summed E-state index contributed by atoms with van der Waals surface area (Å²) in [6.07, 6.45) is 1.20. The van der Waals surface area contributed by atoms with Crippen molar-refractivity contribution < 1.29 is 33.1 Å². The van der Waals surface area contributed by atoms with E-state index in [1.54, 1.807) is 34.8 Å². The lowest BCUT2D eigenvalue weighted by atomic mass is 10.1. The first-order chi connectivity index (χ1) is 20.0. The number of piperazine rings is 1. The number of amides is 3. The second kappa shape index (κ2) is 11.7. The van der Waals surface area contributed by atoms with Gasteiger partial charge in [-0.2, -0.15) is 0 Å². The molecule has 0 bridgehead atoms. The van der Waals surface area contributed by atoms with Crippen molar-refractivity contribution in [1.29, 1.82) is 0 Å². The Morgan fingerprint density at radius 3 is 2.50 bits per heavy atom. The van der Waals surface area contributed by atoms with Crippen molar-refractivity contribution in [3.8, 4) is 0 Å². The van der Waals surface area contributed by atoms with Gasteiger partial charge in [0, 0.05) is 63.3 Å². The predicted octanol–water partition coefficient (Wildman–Crippen LogP) is 3.28. The van der Waals surface area contributed by atoms with E-state index in [0.29, 0.717) is 10.9 Å². The molecule has 42 heavy (non-hydrogen) atoms. The van der Waals surface area contributed by atoms with E-state index >= 15 is 8.78 Å². The highest BCUT2D eigenvalue weighted by Crippen LogP contribution is 2.35. The van der Waals surface area contributed by atoms with E-state index in [-0.39, 0.29) is 68.4 Å². The number of carboxylic acids is 1. The molecule has 2 saturated heterocycles. The number of carbonyl (C=O) groups excluding carboxylic acids is 3. The van der Waals surface area contributed by atoms with Gasteiger partial charge in [-0.25, -0.2) is 8.78 Å². The van der Waals surface area contributed by atoms with Crippen molar-refractivity contribution in [2.75, 3.05) is 44.6 Å². The Morgan fingerprint density at radius 1 is 1.07 bits per heavy atom. The number of benzene rings is 2. The highest BCUT2D eigenvalue weighted by molar-refractivity contribution is 6.34. The van der Waals surface area contributed by atoms with Crippen LogP contribution in [0, 0.1) is 5.82 Å². The van der Waals surface area contributed by atoms with Crippen molar-refractivity contribution in [3.63, 3.8) is 0 Å². The molecule has 5 rings (SSSR count). The first kappa shape index (κ1) is 29.5. The summed E-state index contributed by atoms with van der Waals surface area (Å²) in [5.74, 6) is -6.48. The number of nitrogens with one attached hydrogen (secondary N) is 1. The number of rotatable bonds is 7. The maximum Gasteiger partial charge on any atom is 0.317 e. The fourth-order valence-electron chi connectivity index (χ4n) is 5.66. The highest BCUT2D eigenvalue weighted by atomic mass is 35.5. The minimum absolute atomic E-state index is 0.00368. The summed E-state index contributed by atoms with van der Waals surface area (Å²) >= 11 is 6.36. The molecule has 1 aromatic heterocycles. The van der Waals surface area contributed by atoms with Gasteiger partial charge in [0.05, 0.1) is 29.2 Å². The molecule has 2 N–H and O–H groups in total. The maximum atomic E-state index is 16.1. The average Bonchev–Trinajstić information content (AvgIpc) is 3.52. The number of alkyl halides is 1. The van der Waals surface area contributed by atoms with Crippen LogP contribution < -0.4 is 5.32 Å². The molecule has 0 aliphatic carbocycles. The topological polar surface area (TPSA) is 115 Å². The smallest absolute Gasteiger partial charge is 0.317 e. The first-order valence-corrected chi connectivity index (χ1v) is 13.9. The largest absolute Gasteiger partial charge is 0.480 e. The molecule has 10 nitrogen and oxygen atoms in total. The van der Waals surface area contributed by atoms with Crippen LogP contribution >= 0.6 is 11.6 Å². The molecule has 13 heteroatoms. The summed E-state index contributed by atoms with van der Waals surface area (Å²) in [5, 5.41) is 12.3. The van der Waals surface area contributed by atoms with Crippen LogP contribution in [0.2, 0.25) is 5.02 Å². The van der Waals surface area contributed by atoms with Gasteiger partial charge in [0.2, 0.25) is 5.91 Å². The maximum absolute atomic E-state index is 16.1. The zero-order chi connectivity index (χ0) is 30.2.